The second-order valence-electron chi connectivity index (χ2n) is 4.54. The van der Waals surface area contributed by atoms with Crippen LogP contribution >= 0.6 is 0 Å². The summed E-state index contributed by atoms with van der Waals surface area (Å²) in [4.78, 5) is 0.246. The fourth-order valence-corrected chi connectivity index (χ4v) is 4.28. The van der Waals surface area contributed by atoms with Crippen LogP contribution in [0.5, 0.6) is 0 Å². The maximum absolute atomic E-state index is 11.2. The Morgan fingerprint density at radius 3 is 2.52 bits per heavy atom. The molecule has 10 nitrogen and oxygen atoms in total. The minimum absolute atomic E-state index is 0.243. The summed E-state index contributed by atoms with van der Waals surface area (Å²) in [7, 11) is -9.28. The molecule has 0 aliphatic carbocycles. The summed E-state index contributed by atoms with van der Waals surface area (Å²) in [5, 5.41) is 7.35. The molecule has 0 spiro atoms. The highest BCUT2D eigenvalue weighted by atomic mass is 32.2. The molecule has 2 N–H and O–H groups in total. The smallest absolute Gasteiger partial charge is 0.286 e. The van der Waals surface area contributed by atoms with Crippen molar-refractivity contribution in [3.8, 4) is 0 Å². The molecule has 1 aliphatic heterocycles. The van der Waals surface area contributed by atoms with Gasteiger partial charge >= 0.3 is 0 Å². The highest BCUT2D eigenvalue weighted by molar-refractivity contribution is 7.86. The number of unbranched alkanes of at least 4 members (excludes halogenated alkanes) is 1. The lowest BCUT2D eigenvalue weighted by Crippen LogP contribution is -2.19. The van der Waals surface area contributed by atoms with E-state index in [-0.39, 0.29) is 17.1 Å². The lowest BCUT2D eigenvalue weighted by molar-refractivity contribution is 0.451. The lowest BCUT2D eigenvalue weighted by Gasteiger charge is -2.15. The second-order valence-corrected chi connectivity index (χ2v) is 9.12. The zero-order valence-electron chi connectivity index (χ0n) is 11.7. The van der Waals surface area contributed by atoms with Crippen molar-refractivity contribution in [2.45, 2.75) is 22.6 Å². The molecule has 1 aliphatic rings. The third-order valence-corrected chi connectivity index (χ3v) is 5.98. The van der Waals surface area contributed by atoms with E-state index in [2.05, 4.69) is 14.9 Å². The molecule has 1 atom stereocenters. The third kappa shape index (κ3) is 5.31. The van der Waals surface area contributed by atoms with Crippen LogP contribution in [0.15, 0.2) is 49.0 Å². The van der Waals surface area contributed by atoms with Gasteiger partial charge in [-0.15, -0.1) is 0 Å². The van der Waals surface area contributed by atoms with E-state index in [1.54, 1.807) is 6.07 Å². The van der Waals surface area contributed by atoms with Crippen molar-refractivity contribution < 1.29 is 25.9 Å². The summed E-state index contributed by atoms with van der Waals surface area (Å²) >= 11 is 0. The van der Waals surface area contributed by atoms with E-state index >= 15 is 0 Å². The third-order valence-electron chi connectivity index (χ3n) is 2.77. The Hall–Kier alpha value is -1.41. The van der Waals surface area contributed by atoms with Crippen LogP contribution in [0.4, 0.5) is 0 Å². The maximum atomic E-state index is 11.2. The van der Waals surface area contributed by atoms with Crippen molar-refractivity contribution >= 4 is 31.1 Å². The number of hydrogen-bond donors (Lipinski definition) is 2. The van der Waals surface area contributed by atoms with Gasteiger partial charge in [0.25, 0.3) is 20.2 Å². The van der Waals surface area contributed by atoms with E-state index in [1.807, 2.05) is 0 Å². The molecule has 0 aromatic heterocycles. The first kappa shape index (κ1) is 17.9. The molecule has 2 rings (SSSR count). The molecule has 23 heavy (non-hydrogen) atoms. The molecule has 0 bridgehead atoms. The SMILES string of the molecule is O=S(=O)(O)CCCCN1N=NN=S1c1cccc(S(=O)(=O)O)c1. The van der Waals surface area contributed by atoms with Crippen molar-refractivity contribution in [3.63, 3.8) is 0 Å². The minimum atomic E-state index is -4.32. The van der Waals surface area contributed by atoms with E-state index in [1.165, 1.54) is 22.6 Å². The van der Waals surface area contributed by atoms with Crippen LogP contribution in [0.25, 0.3) is 0 Å². The van der Waals surface area contributed by atoms with Gasteiger partial charge in [-0.25, -0.2) is 4.41 Å². The van der Waals surface area contributed by atoms with Gasteiger partial charge in [0, 0.05) is 4.90 Å². The Bertz CT molecular complexity index is 849. The Balaban J connectivity index is 2.06. The van der Waals surface area contributed by atoms with E-state index in [4.69, 9.17) is 9.11 Å². The summed E-state index contributed by atoms with van der Waals surface area (Å²) in [5.41, 5.74) is 0. The average Bonchev–Trinajstić information content (AvgIpc) is 2.90. The fourth-order valence-electron chi connectivity index (χ4n) is 1.75. The van der Waals surface area contributed by atoms with Crippen LogP contribution in [0.3, 0.4) is 0 Å². The predicted molar refractivity (Wildman–Crippen MR) is 81.5 cm³/mol. The summed E-state index contributed by atoms with van der Waals surface area (Å²) in [6.45, 7) is 0.335. The Morgan fingerprint density at radius 2 is 1.87 bits per heavy atom. The average molecular weight is 382 g/mol. The monoisotopic (exact) mass is 382 g/mol. The maximum Gasteiger partial charge on any atom is 0.294 e. The summed E-state index contributed by atoms with van der Waals surface area (Å²) < 4.78 is 66.8. The zero-order valence-corrected chi connectivity index (χ0v) is 14.1. The number of benzene rings is 1. The predicted octanol–water partition coefficient (Wildman–Crippen LogP) is 1.27. The van der Waals surface area contributed by atoms with Crippen molar-refractivity contribution in [1.82, 2.24) is 4.41 Å². The van der Waals surface area contributed by atoms with E-state index in [0.29, 0.717) is 17.9 Å². The van der Waals surface area contributed by atoms with Crippen LogP contribution < -0.4 is 0 Å². The molecule has 0 saturated carbocycles. The molecule has 1 aromatic rings. The molecule has 1 heterocycles. The first-order chi connectivity index (χ1) is 10.7. The van der Waals surface area contributed by atoms with Gasteiger partial charge in [0.2, 0.25) is 0 Å². The van der Waals surface area contributed by atoms with Gasteiger partial charge in [0.1, 0.15) is 0 Å². The minimum Gasteiger partial charge on any atom is -0.286 e. The largest absolute Gasteiger partial charge is 0.294 e. The van der Waals surface area contributed by atoms with Crippen LogP contribution in [0.2, 0.25) is 0 Å². The van der Waals surface area contributed by atoms with Crippen molar-refractivity contribution in [2.24, 2.45) is 14.9 Å². The van der Waals surface area contributed by atoms with Gasteiger partial charge in [-0.1, -0.05) is 10.5 Å². The number of rotatable bonds is 7. The van der Waals surface area contributed by atoms with Crippen LogP contribution in [0.1, 0.15) is 12.8 Å². The summed E-state index contributed by atoms with van der Waals surface area (Å²) in [5.74, 6) is -0.346. The molecular weight excluding hydrogens is 368 g/mol. The Labute approximate surface area is 135 Å². The van der Waals surface area contributed by atoms with Gasteiger partial charge in [0.05, 0.1) is 28.1 Å². The van der Waals surface area contributed by atoms with E-state index < -0.39 is 31.1 Å². The normalized spacial score (nSPS) is 18.2. The van der Waals surface area contributed by atoms with Crippen molar-refractivity contribution in [1.29, 1.82) is 0 Å². The second kappa shape index (κ2) is 7.00. The van der Waals surface area contributed by atoms with Crippen molar-refractivity contribution in [2.75, 3.05) is 12.3 Å². The molecular formula is C10H14N4O6S3. The Morgan fingerprint density at radius 1 is 1.13 bits per heavy atom. The molecule has 0 radical (unpaired) electrons. The highest BCUT2D eigenvalue weighted by Crippen LogP contribution is 2.22. The zero-order chi connectivity index (χ0) is 17.1. The van der Waals surface area contributed by atoms with Gasteiger partial charge in [-0.2, -0.15) is 16.8 Å². The lowest BCUT2D eigenvalue weighted by atomic mass is 10.3. The standard InChI is InChI=1S/C10H14N4O6S3/c15-22(16,17)7-2-1-6-14-12-11-13-21(14)9-4-3-5-10(8-9)23(18,19)20/h3-5,8H,1-2,6-7H2,(H,15,16,17)(H,18,19,20). The molecule has 0 amide bonds. The van der Waals surface area contributed by atoms with Gasteiger partial charge in [-0.05, 0) is 41.5 Å². The fraction of sp³-hybridized carbons (Fsp3) is 0.400. The molecule has 0 saturated heterocycles. The number of hydrogen-bond acceptors (Lipinski definition) is 8. The van der Waals surface area contributed by atoms with E-state index in [0.717, 1.165) is 0 Å². The first-order valence-corrected chi connectivity index (χ1v) is 10.5. The summed E-state index contributed by atoms with van der Waals surface area (Å²) in [6.07, 6.45) is 0.670. The topological polar surface area (TPSA) is 149 Å². The van der Waals surface area contributed by atoms with Gasteiger partial charge < -0.3 is 0 Å². The Kier molecular flexibility index (Phi) is 5.46. The first-order valence-electron chi connectivity index (χ1n) is 6.33. The van der Waals surface area contributed by atoms with Gasteiger partial charge in [-0.3, -0.25) is 9.11 Å². The van der Waals surface area contributed by atoms with Crippen LogP contribution in [0, 0.1) is 0 Å². The molecule has 1 aromatic carbocycles. The molecule has 128 valence electrons. The van der Waals surface area contributed by atoms with E-state index in [9.17, 15) is 16.8 Å². The molecule has 13 heteroatoms. The van der Waals surface area contributed by atoms with Crippen molar-refractivity contribution in [3.05, 3.63) is 24.3 Å². The summed E-state index contributed by atoms with van der Waals surface area (Å²) in [6, 6.07) is 5.63. The quantitative estimate of drug-likeness (QED) is 0.532. The van der Waals surface area contributed by atoms with Crippen LogP contribution in [-0.2, 0) is 31.1 Å². The highest BCUT2D eigenvalue weighted by Gasteiger charge is 2.19. The van der Waals surface area contributed by atoms with Crippen LogP contribution in [-0.4, -0.2) is 42.7 Å². The number of nitrogens with zero attached hydrogens (tertiary/aromatic N) is 4. The molecule has 1 unspecified atom stereocenters. The van der Waals surface area contributed by atoms with Gasteiger partial charge in [0.15, 0.2) is 0 Å². The molecule has 0 fully saturated rings.